The van der Waals surface area contributed by atoms with Gasteiger partial charge in [0.1, 0.15) is 0 Å². The van der Waals surface area contributed by atoms with Crippen LogP contribution in [0.1, 0.15) is 13.8 Å². The lowest BCUT2D eigenvalue weighted by molar-refractivity contribution is -0.147. The molecular weight excluding hydrogens is 216 g/mol. The SMILES string of the molecule is C/C=C1/[C@H]2C=C[C@H](C=CC2=O)[C@H]1C(=O)OCC. The van der Waals surface area contributed by atoms with Gasteiger partial charge >= 0.3 is 5.97 Å². The van der Waals surface area contributed by atoms with E-state index in [-0.39, 0.29) is 29.5 Å². The van der Waals surface area contributed by atoms with E-state index in [2.05, 4.69) is 0 Å². The third-order valence-electron chi connectivity index (χ3n) is 3.29. The first-order valence-electron chi connectivity index (χ1n) is 5.92. The maximum Gasteiger partial charge on any atom is 0.314 e. The van der Waals surface area contributed by atoms with Gasteiger partial charge in [-0.15, -0.1) is 0 Å². The van der Waals surface area contributed by atoms with Crippen LogP contribution in [0.15, 0.2) is 36.0 Å². The number of hydrogen-bond acceptors (Lipinski definition) is 3. The number of ketones is 1. The summed E-state index contributed by atoms with van der Waals surface area (Å²) in [6.45, 7) is 4.02. The molecule has 0 spiro atoms. The zero-order chi connectivity index (χ0) is 12.4. The molecule has 3 rings (SSSR count). The van der Waals surface area contributed by atoms with Crippen molar-refractivity contribution in [3.63, 3.8) is 0 Å². The van der Waals surface area contributed by atoms with Crippen LogP contribution in [0.4, 0.5) is 0 Å². The third-order valence-corrected chi connectivity index (χ3v) is 3.29. The van der Waals surface area contributed by atoms with Crippen molar-refractivity contribution in [3.05, 3.63) is 36.0 Å². The predicted octanol–water partition coefficient (Wildman–Crippen LogP) is 2.05. The molecule has 0 saturated heterocycles. The monoisotopic (exact) mass is 232 g/mol. The molecule has 0 amide bonds. The second-order valence-corrected chi connectivity index (χ2v) is 4.22. The number of esters is 1. The van der Waals surface area contributed by atoms with Crippen LogP contribution < -0.4 is 0 Å². The molecule has 90 valence electrons. The van der Waals surface area contributed by atoms with Gasteiger partial charge in [-0.05, 0) is 25.5 Å². The first-order valence-corrected chi connectivity index (χ1v) is 5.92. The van der Waals surface area contributed by atoms with Crippen molar-refractivity contribution in [1.82, 2.24) is 0 Å². The molecule has 0 aromatic carbocycles. The summed E-state index contributed by atoms with van der Waals surface area (Å²) >= 11 is 0. The Morgan fingerprint density at radius 2 is 2.18 bits per heavy atom. The number of carbonyl (C=O) groups excluding carboxylic acids is 2. The van der Waals surface area contributed by atoms with E-state index in [1.165, 1.54) is 0 Å². The van der Waals surface area contributed by atoms with E-state index in [0.29, 0.717) is 6.61 Å². The molecule has 17 heavy (non-hydrogen) atoms. The van der Waals surface area contributed by atoms with E-state index in [9.17, 15) is 9.59 Å². The summed E-state index contributed by atoms with van der Waals surface area (Å²) in [5, 5.41) is 0. The molecule has 0 radical (unpaired) electrons. The van der Waals surface area contributed by atoms with Gasteiger partial charge in [0.15, 0.2) is 5.78 Å². The van der Waals surface area contributed by atoms with E-state index in [1.54, 1.807) is 19.1 Å². The van der Waals surface area contributed by atoms with Crippen LogP contribution in [0.2, 0.25) is 0 Å². The van der Waals surface area contributed by atoms with Gasteiger partial charge in [-0.3, -0.25) is 9.59 Å². The Hall–Kier alpha value is -1.64. The first kappa shape index (κ1) is 11.8. The maximum absolute atomic E-state index is 12.0. The highest BCUT2D eigenvalue weighted by atomic mass is 16.5. The minimum absolute atomic E-state index is 0.0450. The summed E-state index contributed by atoms with van der Waals surface area (Å²) in [5.74, 6) is -0.868. The normalized spacial score (nSPS) is 32.9. The average Bonchev–Trinajstić information content (AvgIpc) is 2.58. The molecular formula is C14H16O3. The highest BCUT2D eigenvalue weighted by molar-refractivity contribution is 5.98. The number of fused-ring (bicyclic) bond motifs is 2. The van der Waals surface area contributed by atoms with Crippen LogP contribution >= 0.6 is 0 Å². The molecule has 3 aliphatic rings. The van der Waals surface area contributed by atoms with E-state index in [0.717, 1.165) is 5.57 Å². The van der Waals surface area contributed by atoms with E-state index < -0.39 is 0 Å². The van der Waals surface area contributed by atoms with Crippen LogP contribution in [0.25, 0.3) is 0 Å². The molecule has 2 bridgehead atoms. The smallest absolute Gasteiger partial charge is 0.314 e. The fraction of sp³-hybridized carbons (Fsp3) is 0.429. The molecule has 3 heteroatoms. The number of allylic oxidation sites excluding steroid dienone is 5. The van der Waals surface area contributed by atoms with Gasteiger partial charge in [-0.25, -0.2) is 0 Å². The van der Waals surface area contributed by atoms with Crippen molar-refractivity contribution >= 4 is 11.8 Å². The fourth-order valence-corrected chi connectivity index (χ4v) is 2.51. The van der Waals surface area contributed by atoms with Crippen molar-refractivity contribution in [2.45, 2.75) is 13.8 Å². The lowest BCUT2D eigenvalue weighted by Gasteiger charge is -2.28. The van der Waals surface area contributed by atoms with Crippen LogP contribution in [0.3, 0.4) is 0 Å². The Morgan fingerprint density at radius 3 is 2.82 bits per heavy atom. The Kier molecular flexibility index (Phi) is 3.27. The third kappa shape index (κ3) is 1.97. The standard InChI is InChI=1S/C14H16O3/c1-3-10-11-7-5-9(6-8-12(11)15)13(10)14(16)17-4-2/h3,5-9,11,13H,4H2,1-2H3/b10-3-/t9-,11-,13-/m1/s1. The van der Waals surface area contributed by atoms with Gasteiger partial charge in [-0.1, -0.05) is 24.3 Å². The minimum atomic E-state index is -0.336. The summed E-state index contributed by atoms with van der Waals surface area (Å²) in [6, 6.07) is 0. The molecule has 0 fully saturated rings. The second kappa shape index (κ2) is 4.70. The zero-order valence-corrected chi connectivity index (χ0v) is 10.1. The van der Waals surface area contributed by atoms with E-state index in [1.807, 2.05) is 25.2 Å². The van der Waals surface area contributed by atoms with Gasteiger partial charge in [0.05, 0.1) is 18.4 Å². The number of hydrogen-bond donors (Lipinski definition) is 0. The minimum Gasteiger partial charge on any atom is -0.466 e. The van der Waals surface area contributed by atoms with Crippen molar-refractivity contribution in [2.24, 2.45) is 17.8 Å². The van der Waals surface area contributed by atoms with Crippen molar-refractivity contribution in [2.75, 3.05) is 6.61 Å². The highest BCUT2D eigenvalue weighted by Gasteiger charge is 2.39. The van der Waals surface area contributed by atoms with Gasteiger partial charge < -0.3 is 4.74 Å². The zero-order valence-electron chi connectivity index (χ0n) is 10.1. The van der Waals surface area contributed by atoms with Crippen molar-refractivity contribution in [3.8, 4) is 0 Å². The van der Waals surface area contributed by atoms with Crippen LogP contribution in [0, 0.1) is 17.8 Å². The highest BCUT2D eigenvalue weighted by Crippen LogP contribution is 2.38. The Labute approximate surface area is 101 Å². The summed E-state index contributed by atoms with van der Waals surface area (Å²) < 4.78 is 5.10. The maximum atomic E-state index is 12.0. The van der Waals surface area contributed by atoms with Crippen LogP contribution in [0.5, 0.6) is 0 Å². The largest absolute Gasteiger partial charge is 0.466 e. The Morgan fingerprint density at radius 1 is 1.41 bits per heavy atom. The molecule has 0 aromatic rings. The molecule has 0 unspecified atom stereocenters. The Balaban J connectivity index is 2.39. The van der Waals surface area contributed by atoms with Gasteiger partial charge in [0.25, 0.3) is 0 Å². The van der Waals surface area contributed by atoms with Crippen LogP contribution in [-0.2, 0) is 14.3 Å². The molecule has 3 nitrogen and oxygen atoms in total. The van der Waals surface area contributed by atoms with Crippen LogP contribution in [-0.4, -0.2) is 18.4 Å². The van der Waals surface area contributed by atoms with Gasteiger partial charge in [-0.2, -0.15) is 0 Å². The average molecular weight is 232 g/mol. The number of carbonyl (C=O) groups is 2. The second-order valence-electron chi connectivity index (χ2n) is 4.22. The molecule has 0 aromatic heterocycles. The Bertz CT molecular complexity index is 429. The molecule has 3 atom stereocenters. The first-order chi connectivity index (χ1) is 8.19. The van der Waals surface area contributed by atoms with E-state index >= 15 is 0 Å². The molecule has 3 aliphatic carbocycles. The summed E-state index contributed by atoms with van der Waals surface area (Å²) in [6.07, 6.45) is 9.07. The topological polar surface area (TPSA) is 43.4 Å². The molecule has 0 N–H and O–H groups in total. The van der Waals surface area contributed by atoms with Crippen molar-refractivity contribution < 1.29 is 14.3 Å². The van der Waals surface area contributed by atoms with Gasteiger partial charge in [0, 0.05) is 5.92 Å². The molecule has 0 aliphatic heterocycles. The summed E-state index contributed by atoms with van der Waals surface area (Å²) in [5.41, 5.74) is 0.867. The van der Waals surface area contributed by atoms with E-state index in [4.69, 9.17) is 4.74 Å². The summed E-state index contributed by atoms with van der Waals surface area (Å²) in [7, 11) is 0. The number of ether oxygens (including phenoxy) is 1. The quantitative estimate of drug-likeness (QED) is 0.540. The molecule has 0 heterocycles. The lowest BCUT2D eigenvalue weighted by atomic mass is 9.75. The van der Waals surface area contributed by atoms with Gasteiger partial charge in [0.2, 0.25) is 0 Å². The lowest BCUT2D eigenvalue weighted by Crippen LogP contribution is -2.31. The fourth-order valence-electron chi connectivity index (χ4n) is 2.51. The summed E-state index contributed by atoms with van der Waals surface area (Å²) in [4.78, 5) is 23.8. The number of rotatable bonds is 2. The molecule has 0 saturated carbocycles. The van der Waals surface area contributed by atoms with Crippen molar-refractivity contribution in [1.29, 1.82) is 0 Å². The predicted molar refractivity (Wildman–Crippen MR) is 64.1 cm³/mol.